The highest BCUT2D eigenvalue weighted by atomic mass is 19.1. The predicted octanol–water partition coefficient (Wildman–Crippen LogP) is 2.75. The van der Waals surface area contributed by atoms with Gasteiger partial charge in [-0.05, 0) is 32.0 Å². The van der Waals surface area contributed by atoms with Crippen LogP contribution in [0.4, 0.5) is 4.39 Å². The van der Waals surface area contributed by atoms with Crippen molar-refractivity contribution in [1.29, 1.82) is 0 Å². The van der Waals surface area contributed by atoms with Crippen LogP contribution < -0.4 is 5.56 Å². The van der Waals surface area contributed by atoms with Gasteiger partial charge in [-0.3, -0.25) is 9.59 Å². The van der Waals surface area contributed by atoms with Gasteiger partial charge in [0.2, 0.25) is 0 Å². The van der Waals surface area contributed by atoms with Crippen molar-refractivity contribution in [2.45, 2.75) is 19.9 Å². The summed E-state index contributed by atoms with van der Waals surface area (Å²) in [6.45, 7) is 3.65. The van der Waals surface area contributed by atoms with Gasteiger partial charge in [0.25, 0.3) is 5.56 Å². The number of hydrogen-bond acceptors (Lipinski definition) is 4. The van der Waals surface area contributed by atoms with E-state index < -0.39 is 11.6 Å². The number of hydrogen-bond donors (Lipinski definition) is 0. The van der Waals surface area contributed by atoms with E-state index in [2.05, 4.69) is 5.10 Å². The lowest BCUT2D eigenvalue weighted by Gasteiger charge is -2.14. The quantitative estimate of drug-likeness (QED) is 0.625. The van der Waals surface area contributed by atoms with Crippen LogP contribution in [0.15, 0.2) is 47.4 Å². The molecule has 2 aromatic rings. The Balaban J connectivity index is 2.59. The third-order valence-corrected chi connectivity index (χ3v) is 3.34. The topological polar surface area (TPSA) is 55.2 Å². The van der Waals surface area contributed by atoms with Crippen molar-refractivity contribution in [3.63, 3.8) is 0 Å². The summed E-state index contributed by atoms with van der Waals surface area (Å²) in [5.74, 6) is -1.08. The fourth-order valence-electron chi connectivity index (χ4n) is 2.23. The first-order valence-electron chi connectivity index (χ1n) is 7.59. The fourth-order valence-corrected chi connectivity index (χ4v) is 2.23. The van der Waals surface area contributed by atoms with E-state index in [1.807, 2.05) is 13.8 Å². The molecular formula is C18H20FN3O2. The van der Waals surface area contributed by atoms with Crippen molar-refractivity contribution in [2.75, 3.05) is 14.1 Å². The molecule has 0 unspecified atom stereocenters. The third kappa shape index (κ3) is 3.76. The van der Waals surface area contributed by atoms with Crippen LogP contribution in [0, 0.1) is 5.82 Å². The van der Waals surface area contributed by atoms with Crippen molar-refractivity contribution in [3.05, 3.63) is 70.0 Å². The lowest BCUT2D eigenvalue weighted by atomic mass is 10.0. The van der Waals surface area contributed by atoms with Crippen LogP contribution in [-0.4, -0.2) is 34.6 Å². The van der Waals surface area contributed by atoms with Gasteiger partial charge >= 0.3 is 0 Å². The molecule has 0 atom stereocenters. The second-order valence-corrected chi connectivity index (χ2v) is 5.91. The van der Waals surface area contributed by atoms with Crippen LogP contribution in [0.25, 0.3) is 5.57 Å². The van der Waals surface area contributed by atoms with Gasteiger partial charge < -0.3 is 4.90 Å². The maximum atomic E-state index is 14.0. The van der Waals surface area contributed by atoms with Crippen LogP contribution in [0.1, 0.15) is 35.9 Å². The van der Waals surface area contributed by atoms with Crippen molar-refractivity contribution < 1.29 is 9.18 Å². The maximum absolute atomic E-state index is 14.0. The summed E-state index contributed by atoms with van der Waals surface area (Å²) >= 11 is 0. The molecule has 0 fully saturated rings. The molecule has 0 bridgehead atoms. The highest BCUT2D eigenvalue weighted by Gasteiger charge is 2.20. The average molecular weight is 329 g/mol. The van der Waals surface area contributed by atoms with Crippen molar-refractivity contribution in [1.82, 2.24) is 14.7 Å². The zero-order valence-corrected chi connectivity index (χ0v) is 14.2. The minimum Gasteiger partial charge on any atom is -0.383 e. The predicted molar refractivity (Wildman–Crippen MR) is 91.3 cm³/mol. The third-order valence-electron chi connectivity index (χ3n) is 3.34. The van der Waals surface area contributed by atoms with E-state index in [9.17, 15) is 14.0 Å². The summed E-state index contributed by atoms with van der Waals surface area (Å²) in [4.78, 5) is 26.4. The van der Waals surface area contributed by atoms with Gasteiger partial charge in [-0.1, -0.05) is 12.1 Å². The minimum absolute atomic E-state index is 0.0327. The largest absolute Gasteiger partial charge is 0.383 e. The first kappa shape index (κ1) is 17.6. The van der Waals surface area contributed by atoms with Gasteiger partial charge in [0, 0.05) is 26.4 Å². The zero-order chi connectivity index (χ0) is 17.9. The molecule has 1 heterocycles. The van der Waals surface area contributed by atoms with Gasteiger partial charge in [-0.15, -0.1) is 0 Å². The summed E-state index contributed by atoms with van der Waals surface area (Å²) in [6.07, 6.45) is 1.58. The Morgan fingerprint density at radius 2 is 1.88 bits per heavy atom. The number of halogens is 1. The van der Waals surface area contributed by atoms with Crippen LogP contribution in [-0.2, 0) is 0 Å². The fraction of sp³-hybridized carbons (Fsp3) is 0.278. The van der Waals surface area contributed by atoms with Gasteiger partial charge in [-0.2, -0.15) is 5.10 Å². The van der Waals surface area contributed by atoms with E-state index in [1.54, 1.807) is 31.3 Å². The highest BCUT2D eigenvalue weighted by Crippen LogP contribution is 2.20. The number of nitrogens with zero attached hydrogens (tertiary/aromatic N) is 3. The number of aromatic nitrogens is 2. The van der Waals surface area contributed by atoms with Gasteiger partial charge in [-0.25, -0.2) is 9.07 Å². The lowest BCUT2D eigenvalue weighted by molar-refractivity contribution is 0.105. The molecule has 126 valence electrons. The Morgan fingerprint density at radius 1 is 1.21 bits per heavy atom. The molecule has 0 saturated carbocycles. The SMILES string of the molecule is CC(C)n1nc(C(=CN(C)C)C(=O)c2ccccc2F)ccc1=O. The van der Waals surface area contributed by atoms with Crippen LogP contribution in [0.2, 0.25) is 0 Å². The molecule has 0 aliphatic heterocycles. The van der Waals surface area contributed by atoms with E-state index in [0.717, 1.165) is 0 Å². The second-order valence-electron chi connectivity index (χ2n) is 5.91. The Labute approximate surface area is 140 Å². The standard InChI is InChI=1S/C18H20FN3O2/c1-12(2)22-17(23)10-9-16(20-22)14(11-21(3)4)18(24)13-7-5-6-8-15(13)19/h5-12H,1-4H3. The van der Waals surface area contributed by atoms with E-state index in [4.69, 9.17) is 0 Å². The number of ketones is 1. The molecule has 0 amide bonds. The molecule has 1 aromatic heterocycles. The first-order chi connectivity index (χ1) is 11.3. The molecule has 1 aromatic carbocycles. The van der Waals surface area contributed by atoms with E-state index in [0.29, 0.717) is 5.69 Å². The number of Topliss-reactive ketones (excluding diaryl/α,β-unsaturated/α-hetero) is 1. The van der Waals surface area contributed by atoms with Crippen LogP contribution >= 0.6 is 0 Å². The Hall–Kier alpha value is -2.76. The minimum atomic E-state index is -0.593. The van der Waals surface area contributed by atoms with Gasteiger partial charge in [0.05, 0.1) is 22.9 Å². The van der Waals surface area contributed by atoms with Gasteiger partial charge in [0.15, 0.2) is 5.78 Å². The Bertz CT molecular complexity index is 838. The number of rotatable bonds is 5. The number of carbonyl (C=O) groups excluding carboxylic acids is 1. The Kier molecular flexibility index (Phi) is 5.28. The van der Waals surface area contributed by atoms with Crippen molar-refractivity contribution in [3.8, 4) is 0 Å². The molecule has 5 nitrogen and oxygen atoms in total. The molecular weight excluding hydrogens is 309 g/mol. The first-order valence-corrected chi connectivity index (χ1v) is 7.59. The molecule has 0 aliphatic rings. The second kappa shape index (κ2) is 7.21. The van der Waals surface area contributed by atoms with Crippen LogP contribution in [0.3, 0.4) is 0 Å². The molecule has 0 N–H and O–H groups in total. The van der Waals surface area contributed by atoms with Crippen molar-refractivity contribution >= 4 is 11.4 Å². The van der Waals surface area contributed by atoms with Gasteiger partial charge in [0.1, 0.15) is 5.82 Å². The molecule has 6 heteroatoms. The summed E-state index contributed by atoms with van der Waals surface area (Å²) < 4.78 is 15.3. The lowest BCUT2D eigenvalue weighted by Crippen LogP contribution is -2.25. The summed E-state index contributed by atoms with van der Waals surface area (Å²) in [6, 6.07) is 8.49. The van der Waals surface area contributed by atoms with Crippen LogP contribution in [0.5, 0.6) is 0 Å². The zero-order valence-electron chi connectivity index (χ0n) is 14.2. The summed E-state index contributed by atoms with van der Waals surface area (Å²) in [5, 5.41) is 4.27. The smallest absolute Gasteiger partial charge is 0.267 e. The molecule has 0 radical (unpaired) electrons. The summed E-state index contributed by atoms with van der Waals surface area (Å²) in [7, 11) is 3.51. The molecule has 2 rings (SSSR count). The van der Waals surface area contributed by atoms with E-state index >= 15 is 0 Å². The van der Waals surface area contributed by atoms with E-state index in [-0.39, 0.29) is 22.7 Å². The molecule has 24 heavy (non-hydrogen) atoms. The highest BCUT2D eigenvalue weighted by molar-refractivity contribution is 6.28. The number of allylic oxidation sites excluding steroid dienone is 1. The molecule has 0 aliphatic carbocycles. The Morgan fingerprint density at radius 3 is 2.46 bits per heavy atom. The normalized spacial score (nSPS) is 11.7. The average Bonchev–Trinajstić information content (AvgIpc) is 2.52. The summed E-state index contributed by atoms with van der Waals surface area (Å²) in [5.41, 5.74) is 0.260. The number of carbonyl (C=O) groups is 1. The van der Waals surface area contributed by atoms with E-state index in [1.165, 1.54) is 35.0 Å². The number of benzene rings is 1. The maximum Gasteiger partial charge on any atom is 0.267 e. The molecule has 0 saturated heterocycles. The monoisotopic (exact) mass is 329 g/mol. The molecule has 0 spiro atoms. The van der Waals surface area contributed by atoms with Crippen molar-refractivity contribution in [2.24, 2.45) is 0 Å².